The second kappa shape index (κ2) is 14.7. The number of nitrogens with one attached hydrogen (secondary N) is 1. The van der Waals surface area contributed by atoms with E-state index >= 15 is 0 Å². The second-order valence-corrected chi connectivity index (χ2v) is 13.3. The zero-order valence-electron chi connectivity index (χ0n) is 25.7. The molecule has 0 aromatic heterocycles. The molecule has 0 aliphatic heterocycles. The summed E-state index contributed by atoms with van der Waals surface area (Å²) in [6, 6.07) is 16.1. The number of aryl methyl sites for hydroxylation is 2. The Bertz CT molecular complexity index is 1520. The van der Waals surface area contributed by atoms with Gasteiger partial charge in [0.2, 0.25) is 11.8 Å². The maximum Gasteiger partial charge on any atom is 0.264 e. The Morgan fingerprint density at radius 3 is 2.07 bits per heavy atom. The lowest BCUT2D eigenvalue weighted by molar-refractivity contribution is -0.139. The molecule has 0 radical (unpaired) electrons. The average molecular weight is 675 g/mol. The van der Waals surface area contributed by atoms with Gasteiger partial charge in [0.25, 0.3) is 10.0 Å². The first kappa shape index (κ1) is 33.9. The molecule has 0 aliphatic carbocycles. The molecular weight excluding hydrogens is 634 g/mol. The van der Waals surface area contributed by atoms with Crippen LogP contribution in [0.5, 0.6) is 11.5 Å². The van der Waals surface area contributed by atoms with E-state index in [0.717, 1.165) is 31.9 Å². The predicted octanol–water partition coefficient (Wildman–Crippen LogP) is 5.61. The van der Waals surface area contributed by atoms with Gasteiger partial charge in [-0.1, -0.05) is 41.1 Å². The van der Waals surface area contributed by atoms with Crippen molar-refractivity contribution in [2.75, 3.05) is 25.1 Å². The molecule has 43 heavy (non-hydrogen) atoms. The fraction of sp³-hybridized carbons (Fsp3) is 0.375. The van der Waals surface area contributed by atoms with Crippen LogP contribution < -0.4 is 19.1 Å². The molecule has 3 aromatic rings. The molecule has 0 fully saturated rings. The third-order valence-electron chi connectivity index (χ3n) is 7.15. The van der Waals surface area contributed by atoms with Gasteiger partial charge in [0, 0.05) is 23.1 Å². The van der Waals surface area contributed by atoms with Crippen LogP contribution in [0.15, 0.2) is 70.0 Å². The maximum atomic E-state index is 14.2. The molecule has 232 valence electrons. The molecule has 9 nitrogen and oxygen atoms in total. The van der Waals surface area contributed by atoms with E-state index in [4.69, 9.17) is 9.47 Å². The van der Waals surface area contributed by atoms with Gasteiger partial charge in [-0.15, -0.1) is 0 Å². The summed E-state index contributed by atoms with van der Waals surface area (Å²) in [6.45, 7) is 8.80. The Kier molecular flexibility index (Phi) is 11.6. The smallest absolute Gasteiger partial charge is 0.264 e. The molecular formula is C32H40BrN3O6S. The highest BCUT2D eigenvalue weighted by atomic mass is 79.9. The van der Waals surface area contributed by atoms with Gasteiger partial charge in [-0.3, -0.25) is 13.9 Å². The van der Waals surface area contributed by atoms with Gasteiger partial charge in [-0.2, -0.15) is 0 Å². The summed E-state index contributed by atoms with van der Waals surface area (Å²) in [4.78, 5) is 28.7. The summed E-state index contributed by atoms with van der Waals surface area (Å²) in [7, 11) is -1.39. The molecule has 0 aliphatic rings. The molecule has 3 rings (SSSR count). The molecule has 0 saturated heterocycles. The molecule has 0 bridgehead atoms. The van der Waals surface area contributed by atoms with E-state index in [-0.39, 0.29) is 29.1 Å². The van der Waals surface area contributed by atoms with E-state index in [0.29, 0.717) is 11.4 Å². The lowest BCUT2D eigenvalue weighted by Crippen LogP contribution is -2.52. The van der Waals surface area contributed by atoms with Crippen LogP contribution in [0.3, 0.4) is 0 Å². The van der Waals surface area contributed by atoms with E-state index in [1.165, 1.54) is 37.3 Å². The minimum absolute atomic E-state index is 0.0702. The van der Waals surface area contributed by atoms with Crippen molar-refractivity contribution < 1.29 is 27.5 Å². The van der Waals surface area contributed by atoms with Crippen LogP contribution >= 0.6 is 15.9 Å². The average Bonchev–Trinajstić information content (AvgIpc) is 2.97. The van der Waals surface area contributed by atoms with Gasteiger partial charge in [-0.25, -0.2) is 8.42 Å². The number of carbonyl (C=O) groups is 2. The van der Waals surface area contributed by atoms with Crippen LogP contribution in [0.1, 0.15) is 43.9 Å². The molecule has 0 spiro atoms. The van der Waals surface area contributed by atoms with Crippen LogP contribution in [-0.2, 0) is 26.2 Å². The van der Waals surface area contributed by atoms with E-state index in [2.05, 4.69) is 21.2 Å². The van der Waals surface area contributed by atoms with Crippen LogP contribution in [-0.4, -0.2) is 58.0 Å². The van der Waals surface area contributed by atoms with Crippen molar-refractivity contribution >= 4 is 43.5 Å². The lowest BCUT2D eigenvalue weighted by Gasteiger charge is -2.32. The Morgan fingerprint density at radius 1 is 0.907 bits per heavy atom. The van der Waals surface area contributed by atoms with Gasteiger partial charge in [0.05, 0.1) is 24.8 Å². The van der Waals surface area contributed by atoms with E-state index < -0.39 is 28.5 Å². The first-order chi connectivity index (χ1) is 20.3. The minimum Gasteiger partial charge on any atom is -0.493 e. The fourth-order valence-corrected chi connectivity index (χ4v) is 6.24. The van der Waals surface area contributed by atoms with Crippen LogP contribution in [0, 0.1) is 13.8 Å². The summed E-state index contributed by atoms with van der Waals surface area (Å²) >= 11 is 3.43. The van der Waals surface area contributed by atoms with Crippen molar-refractivity contribution in [2.24, 2.45) is 0 Å². The number of carbonyl (C=O) groups excluding carboxylic acids is 2. The molecule has 0 saturated carbocycles. The number of methoxy groups -OCH3 is 2. The van der Waals surface area contributed by atoms with Crippen molar-refractivity contribution in [2.45, 2.75) is 64.6 Å². The quantitative estimate of drug-likeness (QED) is 0.253. The summed E-state index contributed by atoms with van der Waals surface area (Å²) in [5.74, 6) is -0.238. The Labute approximate surface area is 263 Å². The number of sulfonamides is 1. The zero-order valence-corrected chi connectivity index (χ0v) is 28.1. The SMILES string of the molecule is CC[C@@H](C)NC(=O)[C@H](C)N(Cc1ccc(Br)cc1)C(=O)CN(c1cc(C)cc(C)c1)S(=O)(=O)c1ccc(OC)c(OC)c1. The number of rotatable bonds is 13. The summed E-state index contributed by atoms with van der Waals surface area (Å²) in [6.07, 6.45) is 0.725. The number of nitrogens with zero attached hydrogens (tertiary/aromatic N) is 2. The largest absolute Gasteiger partial charge is 0.493 e. The van der Waals surface area contributed by atoms with Crippen molar-refractivity contribution in [3.8, 4) is 11.5 Å². The van der Waals surface area contributed by atoms with Gasteiger partial charge in [0.1, 0.15) is 12.6 Å². The van der Waals surface area contributed by atoms with Crippen LogP contribution in [0.25, 0.3) is 0 Å². The van der Waals surface area contributed by atoms with Crippen LogP contribution in [0.4, 0.5) is 5.69 Å². The van der Waals surface area contributed by atoms with Gasteiger partial charge >= 0.3 is 0 Å². The van der Waals surface area contributed by atoms with Crippen molar-refractivity contribution in [3.63, 3.8) is 0 Å². The standard InChI is InChI=1S/C32H40BrN3O6S/c1-8-23(4)34-32(38)24(5)35(19-25-9-11-26(33)12-10-25)31(37)20-36(27-16-21(2)15-22(3)17-27)43(39,40)28-13-14-29(41-6)30(18-28)42-7/h9-18,23-24H,8,19-20H2,1-7H3,(H,34,38)/t23-,24+/m1/s1. The highest BCUT2D eigenvalue weighted by Gasteiger charge is 2.33. The first-order valence-corrected chi connectivity index (χ1v) is 16.2. The maximum absolute atomic E-state index is 14.2. The number of hydrogen-bond donors (Lipinski definition) is 1. The van der Waals surface area contributed by atoms with Crippen molar-refractivity contribution in [1.82, 2.24) is 10.2 Å². The normalized spacial score (nSPS) is 12.7. The topological polar surface area (TPSA) is 105 Å². The van der Waals surface area contributed by atoms with Crippen LogP contribution in [0.2, 0.25) is 0 Å². The summed E-state index contributed by atoms with van der Waals surface area (Å²) < 4.78 is 41.1. The predicted molar refractivity (Wildman–Crippen MR) is 172 cm³/mol. The van der Waals surface area contributed by atoms with Gasteiger partial charge in [-0.05, 0) is 87.2 Å². The monoisotopic (exact) mass is 673 g/mol. The molecule has 2 amide bonds. The number of amides is 2. The van der Waals surface area contributed by atoms with E-state index in [1.54, 1.807) is 19.1 Å². The van der Waals surface area contributed by atoms with Crippen molar-refractivity contribution in [3.05, 3.63) is 81.8 Å². The highest BCUT2D eigenvalue weighted by Crippen LogP contribution is 2.33. The lowest BCUT2D eigenvalue weighted by atomic mass is 10.1. The van der Waals surface area contributed by atoms with E-state index in [9.17, 15) is 18.0 Å². The molecule has 0 heterocycles. The molecule has 0 unspecified atom stereocenters. The Balaban J connectivity index is 2.10. The van der Waals surface area contributed by atoms with Gasteiger partial charge < -0.3 is 19.7 Å². The number of anilines is 1. The third-order valence-corrected chi connectivity index (χ3v) is 9.45. The number of halogens is 1. The number of ether oxygens (including phenoxy) is 2. The Morgan fingerprint density at radius 2 is 1.51 bits per heavy atom. The van der Waals surface area contributed by atoms with Gasteiger partial charge in [0.15, 0.2) is 11.5 Å². The number of benzene rings is 3. The Hall–Kier alpha value is -3.57. The fourth-order valence-electron chi connectivity index (χ4n) is 4.56. The van der Waals surface area contributed by atoms with Crippen molar-refractivity contribution in [1.29, 1.82) is 0 Å². The summed E-state index contributed by atoms with van der Waals surface area (Å²) in [5.41, 5.74) is 2.80. The highest BCUT2D eigenvalue weighted by molar-refractivity contribution is 9.10. The molecule has 2 atom stereocenters. The molecule has 1 N–H and O–H groups in total. The zero-order chi connectivity index (χ0) is 31.9. The second-order valence-electron chi connectivity index (χ2n) is 10.5. The summed E-state index contributed by atoms with van der Waals surface area (Å²) in [5, 5.41) is 2.94. The number of hydrogen-bond acceptors (Lipinski definition) is 6. The third kappa shape index (κ3) is 8.51. The minimum atomic E-state index is -4.28. The van der Waals surface area contributed by atoms with E-state index in [1.807, 2.05) is 58.0 Å². The molecule has 11 heteroatoms. The first-order valence-electron chi connectivity index (χ1n) is 14.0. The molecule has 3 aromatic carbocycles.